The summed E-state index contributed by atoms with van der Waals surface area (Å²) in [7, 11) is -7.77. The van der Waals surface area contributed by atoms with Gasteiger partial charge >= 0.3 is 63.1 Å². The molecule has 11 heteroatoms. The number of phosphoric acid groups is 1. The van der Waals surface area contributed by atoms with Gasteiger partial charge in [0.15, 0.2) is 0 Å². The molecule has 0 aliphatic heterocycles. The van der Waals surface area contributed by atoms with Gasteiger partial charge in [-0.1, -0.05) is 0 Å². The minimum absolute atomic E-state index is 0. The van der Waals surface area contributed by atoms with Gasteiger partial charge in [-0.3, -0.25) is 4.46 Å². The van der Waals surface area contributed by atoms with Crippen molar-refractivity contribution in [2.24, 2.45) is 0 Å². The topological polar surface area (TPSA) is 135 Å². The molecule has 0 aromatic rings. The van der Waals surface area contributed by atoms with E-state index in [0.29, 0.717) is 0 Å². The molecule has 64 valence electrons. The zero-order chi connectivity index (χ0) is 8.08. The van der Waals surface area contributed by atoms with Crippen LogP contribution in [-0.2, 0) is 9.03 Å². The second-order valence-corrected chi connectivity index (χ2v) is 2.39. The van der Waals surface area contributed by atoms with Gasteiger partial charge in [-0.25, -0.2) is 4.57 Å². The van der Waals surface area contributed by atoms with Crippen molar-refractivity contribution < 1.29 is 39.0 Å². The first-order chi connectivity index (χ1) is 3.73. The molecule has 0 spiro atoms. The van der Waals surface area contributed by atoms with Crippen LogP contribution in [-0.4, -0.2) is 79.5 Å². The van der Waals surface area contributed by atoms with Crippen LogP contribution >= 0.6 is 7.82 Å². The Labute approximate surface area is 102 Å². The van der Waals surface area contributed by atoms with Gasteiger partial charge in [-0.05, 0) is 0 Å². The Kier molecular flexibility index (Phi) is 23.3. The van der Waals surface area contributed by atoms with Gasteiger partial charge in [-0.2, -0.15) is 0 Å². The molecule has 11 heavy (non-hydrogen) atoms. The molecular formula is H9Mg2O7PSi. The van der Waals surface area contributed by atoms with E-state index >= 15 is 0 Å². The van der Waals surface area contributed by atoms with Crippen molar-refractivity contribution in [1.82, 2.24) is 0 Å². The van der Waals surface area contributed by atoms with Gasteiger partial charge in [0.2, 0.25) is 0 Å². The summed E-state index contributed by atoms with van der Waals surface area (Å²) >= 11 is 0. The number of hydrogen-bond acceptors (Lipinski definition) is 2. The van der Waals surface area contributed by atoms with Gasteiger partial charge in [0.05, 0.1) is 0 Å². The Morgan fingerprint density at radius 2 is 1.09 bits per heavy atom. The zero-order valence-electron chi connectivity index (χ0n) is 9.41. The Morgan fingerprint density at radius 1 is 1.09 bits per heavy atom. The second-order valence-electron chi connectivity index (χ2n) is 0.796. The largest absolute Gasteiger partial charge is 2.00 e. The van der Waals surface area contributed by atoms with Crippen LogP contribution in [0.15, 0.2) is 0 Å². The average molecular weight is 229 g/mol. The predicted octanol–water partition coefficient (Wildman–Crippen LogP) is -2.85. The van der Waals surface area contributed by atoms with E-state index in [1.165, 1.54) is 0 Å². The number of rotatable bonds is 0. The van der Waals surface area contributed by atoms with Crippen molar-refractivity contribution in [2.75, 3.05) is 0 Å². The molecule has 0 aromatic carbocycles. The Bertz CT molecular complexity index is 129. The van der Waals surface area contributed by atoms with E-state index in [2.05, 4.69) is 0 Å². The maximum absolute atomic E-state index is 8.88. The second kappa shape index (κ2) is 11.3. The van der Waals surface area contributed by atoms with Gasteiger partial charge in [0.1, 0.15) is 0 Å². The summed E-state index contributed by atoms with van der Waals surface area (Å²) < 4.78 is 17.6. The van der Waals surface area contributed by atoms with E-state index in [4.69, 9.17) is 33.3 Å². The van der Waals surface area contributed by atoms with Gasteiger partial charge in [-0.15, -0.1) is 0 Å². The Balaban J connectivity index is -0.00000000785. The van der Waals surface area contributed by atoms with E-state index in [0.717, 1.165) is 0 Å². The SMILES string of the molecule is O=P(O)(O)O.O=[Si](O)O.[H-].[H-].[H-].[H-].[Mg+2].[Mg+2]. The summed E-state index contributed by atoms with van der Waals surface area (Å²) in [5.41, 5.74) is 0. The fraction of sp³-hybridized carbons (Fsp3) is 0. The smallest absolute Gasteiger partial charge is 1.00 e. The van der Waals surface area contributed by atoms with Crippen molar-refractivity contribution in [1.29, 1.82) is 0 Å². The molecular weight excluding hydrogens is 220 g/mol. The summed E-state index contributed by atoms with van der Waals surface area (Å²) in [4.78, 5) is 35.9. The minimum atomic E-state index is -4.64. The molecule has 5 N–H and O–H groups in total. The summed E-state index contributed by atoms with van der Waals surface area (Å²) in [6.07, 6.45) is 0. The monoisotopic (exact) mass is 228 g/mol. The third-order valence-electron chi connectivity index (χ3n) is 0. The fourth-order valence-corrected chi connectivity index (χ4v) is 0. The van der Waals surface area contributed by atoms with Crippen LogP contribution < -0.4 is 0 Å². The Hall–Kier alpha value is 1.26. The molecule has 7 nitrogen and oxygen atoms in total. The molecule has 0 fully saturated rings. The van der Waals surface area contributed by atoms with Crippen molar-refractivity contribution in [3.63, 3.8) is 0 Å². The van der Waals surface area contributed by atoms with Gasteiger partial charge < -0.3 is 30.0 Å². The summed E-state index contributed by atoms with van der Waals surface area (Å²) in [5.74, 6) is 0. The van der Waals surface area contributed by atoms with Crippen LogP contribution in [0.4, 0.5) is 0 Å². The number of hydrogen-bond donors (Lipinski definition) is 5. The van der Waals surface area contributed by atoms with E-state index in [1.54, 1.807) is 0 Å². The van der Waals surface area contributed by atoms with Crippen molar-refractivity contribution in [3.8, 4) is 0 Å². The van der Waals surface area contributed by atoms with E-state index < -0.39 is 17.0 Å². The maximum Gasteiger partial charge on any atom is 2.00 e. The first-order valence-electron chi connectivity index (χ1n) is 1.43. The molecule has 0 aromatic heterocycles. The van der Waals surface area contributed by atoms with Crippen LogP contribution in [0.2, 0.25) is 0 Å². The average Bonchev–Trinajstić information content (AvgIpc) is 1.19. The molecule has 0 heterocycles. The molecule has 0 aliphatic carbocycles. The first-order valence-corrected chi connectivity index (χ1v) is 4.30. The van der Waals surface area contributed by atoms with E-state index in [-0.39, 0.29) is 51.8 Å². The molecule has 0 rings (SSSR count). The molecule has 0 radical (unpaired) electrons. The van der Waals surface area contributed by atoms with E-state index in [1.807, 2.05) is 0 Å². The molecule has 0 unspecified atom stereocenters. The van der Waals surface area contributed by atoms with Crippen LogP contribution in [0.5, 0.6) is 0 Å². The summed E-state index contributed by atoms with van der Waals surface area (Å²) in [5, 5.41) is 0. The summed E-state index contributed by atoms with van der Waals surface area (Å²) in [6, 6.07) is 0. The molecule has 0 amide bonds. The van der Waals surface area contributed by atoms with Crippen molar-refractivity contribution >= 4 is 63.1 Å². The van der Waals surface area contributed by atoms with E-state index in [9.17, 15) is 0 Å². The van der Waals surface area contributed by atoms with Crippen molar-refractivity contribution in [3.05, 3.63) is 0 Å². The fourth-order valence-electron chi connectivity index (χ4n) is 0. The van der Waals surface area contributed by atoms with Crippen LogP contribution in [0.3, 0.4) is 0 Å². The molecule has 0 saturated carbocycles. The third kappa shape index (κ3) is 609. The maximum atomic E-state index is 8.88. The zero-order valence-corrected chi connectivity index (χ0v) is 10.1. The quantitative estimate of drug-likeness (QED) is 0.222. The molecule has 0 atom stereocenters. The van der Waals surface area contributed by atoms with Crippen LogP contribution in [0.25, 0.3) is 0 Å². The molecule has 0 saturated heterocycles. The van der Waals surface area contributed by atoms with Crippen LogP contribution in [0, 0.1) is 0 Å². The normalized spacial score (nSPS) is 7.55. The minimum Gasteiger partial charge on any atom is -1.00 e. The third-order valence-corrected chi connectivity index (χ3v) is 0. The first kappa shape index (κ1) is 22.8. The molecule has 0 aliphatic rings. The summed E-state index contributed by atoms with van der Waals surface area (Å²) in [6.45, 7) is 0. The van der Waals surface area contributed by atoms with Gasteiger partial charge in [0.25, 0.3) is 0 Å². The van der Waals surface area contributed by atoms with Gasteiger partial charge in [0, 0.05) is 0 Å². The van der Waals surface area contributed by atoms with Crippen molar-refractivity contribution in [2.45, 2.75) is 0 Å². The molecule has 0 bridgehead atoms. The van der Waals surface area contributed by atoms with Crippen LogP contribution in [0.1, 0.15) is 5.71 Å². The Morgan fingerprint density at radius 3 is 1.09 bits per heavy atom. The standard InChI is InChI=1S/2Mg.H3O4P.H2O3Si.4H/c;;1-5(2,3)4;1-4(2)3;;;;/h;;(H3,1,2,3,4);1-2H;;;;/q2*+2;;;4*-1. The predicted molar refractivity (Wildman–Crippen MR) is 41.1 cm³/mol.